The molecule has 1 aromatic carbocycles. The van der Waals surface area contributed by atoms with E-state index in [0.717, 1.165) is 24.2 Å². The van der Waals surface area contributed by atoms with E-state index in [0.29, 0.717) is 37.4 Å². The Morgan fingerprint density at radius 3 is 2.58 bits per heavy atom. The number of methoxy groups -OCH3 is 1. The first-order valence-corrected chi connectivity index (χ1v) is 11.5. The molecule has 2 aliphatic heterocycles. The van der Waals surface area contributed by atoms with Crippen LogP contribution in [0.1, 0.15) is 40.9 Å². The summed E-state index contributed by atoms with van der Waals surface area (Å²) in [7, 11) is 1.61. The molecule has 2 aliphatic rings. The highest BCUT2D eigenvalue weighted by atomic mass is 32.1. The molecule has 2 atom stereocenters. The van der Waals surface area contributed by atoms with Crippen LogP contribution in [0.2, 0.25) is 0 Å². The van der Waals surface area contributed by atoms with Crippen LogP contribution in [0.15, 0.2) is 41.8 Å². The first kappa shape index (κ1) is 21.4. The van der Waals surface area contributed by atoms with Crippen LogP contribution in [0.3, 0.4) is 0 Å². The van der Waals surface area contributed by atoms with Gasteiger partial charge < -0.3 is 19.9 Å². The average molecular weight is 442 g/mol. The van der Waals surface area contributed by atoms with E-state index in [4.69, 9.17) is 4.74 Å². The Morgan fingerprint density at radius 2 is 1.84 bits per heavy atom. The number of thiophene rings is 1. The van der Waals surface area contributed by atoms with Gasteiger partial charge in [0.2, 0.25) is 11.8 Å². The van der Waals surface area contributed by atoms with Gasteiger partial charge in [-0.15, -0.1) is 11.3 Å². The third kappa shape index (κ3) is 4.58. The molecule has 2 saturated heterocycles. The van der Waals surface area contributed by atoms with Crippen LogP contribution < -0.4 is 10.1 Å². The van der Waals surface area contributed by atoms with Crippen LogP contribution in [-0.2, 0) is 16.1 Å². The van der Waals surface area contributed by atoms with Crippen LogP contribution in [0.25, 0.3) is 0 Å². The predicted molar refractivity (Wildman–Crippen MR) is 118 cm³/mol. The third-order valence-corrected chi connectivity index (χ3v) is 6.83. The summed E-state index contributed by atoms with van der Waals surface area (Å²) in [5, 5.41) is 4.82. The van der Waals surface area contributed by atoms with E-state index < -0.39 is 12.1 Å². The van der Waals surface area contributed by atoms with Gasteiger partial charge in [0, 0.05) is 19.6 Å². The lowest BCUT2D eigenvalue weighted by Gasteiger charge is -2.30. The predicted octanol–water partition coefficient (Wildman–Crippen LogP) is 2.67. The lowest BCUT2D eigenvalue weighted by molar-refractivity contribution is -0.141. The lowest BCUT2D eigenvalue weighted by atomic mass is 10.1. The number of hydrogen-bond acceptors (Lipinski definition) is 5. The van der Waals surface area contributed by atoms with Crippen molar-refractivity contribution in [3.8, 4) is 5.75 Å². The molecule has 0 bridgehead atoms. The van der Waals surface area contributed by atoms with Crippen LogP contribution in [0.4, 0.5) is 0 Å². The largest absolute Gasteiger partial charge is 0.497 e. The lowest BCUT2D eigenvalue weighted by Crippen LogP contribution is -2.52. The Balaban J connectivity index is 1.40. The number of ether oxygens (including phenoxy) is 1. The number of likely N-dealkylation sites (tertiary alicyclic amines) is 2. The summed E-state index contributed by atoms with van der Waals surface area (Å²) < 4.78 is 5.23. The number of carbonyl (C=O) groups is 3. The number of rotatable bonds is 6. The maximum Gasteiger partial charge on any atom is 0.264 e. The zero-order valence-electron chi connectivity index (χ0n) is 17.6. The number of nitrogens with one attached hydrogen (secondary N) is 1. The zero-order chi connectivity index (χ0) is 21.8. The summed E-state index contributed by atoms with van der Waals surface area (Å²) >= 11 is 1.39. The van der Waals surface area contributed by atoms with Crippen molar-refractivity contribution in [2.45, 2.75) is 44.3 Å². The van der Waals surface area contributed by atoms with Gasteiger partial charge in [-0.05, 0) is 54.8 Å². The summed E-state index contributed by atoms with van der Waals surface area (Å²) in [5.41, 5.74) is 0.937. The standard InChI is InChI=1S/C23H27N3O4S/c1-30-17-7-2-6-16(14-17)15-24-21(27)18-8-3-11-25(18)22(28)19-9-4-12-26(19)23(29)20-10-5-13-31-20/h2,5-7,10,13-14,18-19H,3-4,8-9,11-12,15H2,1H3,(H,24,27)/t18-,19-/m0/s1. The number of hydrogen-bond donors (Lipinski definition) is 1. The minimum Gasteiger partial charge on any atom is -0.497 e. The van der Waals surface area contributed by atoms with Gasteiger partial charge >= 0.3 is 0 Å². The molecule has 0 saturated carbocycles. The molecule has 31 heavy (non-hydrogen) atoms. The maximum absolute atomic E-state index is 13.3. The maximum atomic E-state index is 13.3. The Morgan fingerprint density at radius 1 is 1.06 bits per heavy atom. The molecular weight excluding hydrogens is 414 g/mol. The van der Waals surface area contributed by atoms with E-state index >= 15 is 0 Å². The highest BCUT2D eigenvalue weighted by Gasteiger charge is 2.42. The first-order valence-electron chi connectivity index (χ1n) is 10.6. The highest BCUT2D eigenvalue weighted by molar-refractivity contribution is 7.12. The Kier molecular flexibility index (Phi) is 6.56. The van der Waals surface area contributed by atoms with Crippen molar-refractivity contribution in [1.82, 2.24) is 15.1 Å². The normalized spacial score (nSPS) is 20.7. The fourth-order valence-corrected chi connectivity index (χ4v) is 5.07. The van der Waals surface area contributed by atoms with Gasteiger partial charge in [-0.3, -0.25) is 14.4 Å². The number of benzene rings is 1. The summed E-state index contributed by atoms with van der Waals surface area (Å²) in [6.07, 6.45) is 2.87. The molecule has 0 aliphatic carbocycles. The number of amides is 3. The summed E-state index contributed by atoms with van der Waals surface area (Å²) in [5.74, 6) is 0.384. The average Bonchev–Trinajstić information content (AvgIpc) is 3.57. The molecule has 0 unspecified atom stereocenters. The van der Waals surface area contributed by atoms with Gasteiger partial charge in [0.1, 0.15) is 17.8 Å². The molecule has 2 aromatic rings. The van der Waals surface area contributed by atoms with E-state index in [-0.39, 0.29) is 17.7 Å². The highest BCUT2D eigenvalue weighted by Crippen LogP contribution is 2.27. The van der Waals surface area contributed by atoms with Crippen LogP contribution in [-0.4, -0.2) is 59.8 Å². The van der Waals surface area contributed by atoms with Crippen molar-refractivity contribution in [1.29, 1.82) is 0 Å². The molecule has 164 valence electrons. The molecule has 3 heterocycles. The topological polar surface area (TPSA) is 79.0 Å². The second-order valence-electron chi connectivity index (χ2n) is 7.89. The zero-order valence-corrected chi connectivity index (χ0v) is 18.4. The van der Waals surface area contributed by atoms with Crippen molar-refractivity contribution < 1.29 is 19.1 Å². The van der Waals surface area contributed by atoms with Crippen molar-refractivity contribution in [3.63, 3.8) is 0 Å². The van der Waals surface area contributed by atoms with Crippen molar-refractivity contribution in [2.75, 3.05) is 20.2 Å². The quantitative estimate of drug-likeness (QED) is 0.748. The van der Waals surface area contributed by atoms with E-state index in [1.807, 2.05) is 35.7 Å². The molecule has 1 aromatic heterocycles. The number of nitrogens with zero attached hydrogens (tertiary/aromatic N) is 2. The molecule has 0 radical (unpaired) electrons. The molecule has 4 rings (SSSR count). The molecule has 1 N–H and O–H groups in total. The van der Waals surface area contributed by atoms with Gasteiger partial charge in [-0.2, -0.15) is 0 Å². The monoisotopic (exact) mass is 441 g/mol. The molecule has 3 amide bonds. The second-order valence-corrected chi connectivity index (χ2v) is 8.84. The van der Waals surface area contributed by atoms with E-state index in [2.05, 4.69) is 5.32 Å². The fourth-order valence-electron chi connectivity index (χ4n) is 4.39. The van der Waals surface area contributed by atoms with Gasteiger partial charge in [-0.1, -0.05) is 18.2 Å². The first-order chi connectivity index (χ1) is 15.1. The van der Waals surface area contributed by atoms with Crippen LogP contribution in [0, 0.1) is 0 Å². The van der Waals surface area contributed by atoms with Crippen molar-refractivity contribution in [2.24, 2.45) is 0 Å². The number of carbonyl (C=O) groups excluding carboxylic acids is 3. The molecule has 2 fully saturated rings. The van der Waals surface area contributed by atoms with Gasteiger partial charge in [0.15, 0.2) is 0 Å². The summed E-state index contributed by atoms with van der Waals surface area (Å²) in [4.78, 5) is 43.1. The van der Waals surface area contributed by atoms with Gasteiger partial charge in [-0.25, -0.2) is 0 Å². The summed E-state index contributed by atoms with van der Waals surface area (Å²) in [6, 6.07) is 10.2. The minimum atomic E-state index is -0.489. The smallest absolute Gasteiger partial charge is 0.264 e. The Labute approximate surface area is 186 Å². The van der Waals surface area contributed by atoms with E-state index in [1.165, 1.54) is 11.3 Å². The molecular formula is C23H27N3O4S. The SMILES string of the molecule is COc1cccc(CNC(=O)[C@@H]2CCCN2C(=O)[C@@H]2CCCN2C(=O)c2cccs2)c1. The van der Waals surface area contributed by atoms with Crippen LogP contribution in [0.5, 0.6) is 5.75 Å². The van der Waals surface area contributed by atoms with E-state index in [1.54, 1.807) is 23.0 Å². The van der Waals surface area contributed by atoms with Gasteiger partial charge in [0.05, 0.1) is 12.0 Å². The Hall–Kier alpha value is -2.87. The van der Waals surface area contributed by atoms with Crippen LogP contribution >= 0.6 is 11.3 Å². The Bertz CT molecular complexity index is 946. The van der Waals surface area contributed by atoms with E-state index in [9.17, 15) is 14.4 Å². The molecule has 8 heteroatoms. The van der Waals surface area contributed by atoms with Crippen molar-refractivity contribution in [3.05, 3.63) is 52.2 Å². The molecule has 0 spiro atoms. The fraction of sp³-hybridized carbons (Fsp3) is 0.435. The molecule has 7 nitrogen and oxygen atoms in total. The minimum absolute atomic E-state index is 0.0935. The van der Waals surface area contributed by atoms with Gasteiger partial charge in [0.25, 0.3) is 5.91 Å². The second kappa shape index (κ2) is 9.51. The van der Waals surface area contributed by atoms with Crippen molar-refractivity contribution >= 4 is 29.1 Å². The third-order valence-electron chi connectivity index (χ3n) is 5.97. The summed E-state index contributed by atoms with van der Waals surface area (Å²) in [6.45, 7) is 1.50.